The standard InChI is InChI=1S/C14H28O20P4/c1-3-5-7(15)29-9-11(31-35(17,18)19)13(33-37(23,24)25)10(30-8(16)6-4-2)14(34-38(26,27)28)12(9)32-36(20,21)22/h9-14H,3-6H2,1-2H3,(H2,17,18,19)(H2,20,21,22)(H2,23,24,25)(H2,26,27,28)/t9?,10?,11-,12-,13-,14+/m1/s1. The molecule has 224 valence electrons. The number of phosphoric acid groups is 4. The van der Waals surface area contributed by atoms with E-state index in [1.54, 1.807) is 0 Å². The van der Waals surface area contributed by atoms with Crippen LogP contribution in [0.1, 0.15) is 39.5 Å². The predicted octanol–water partition coefficient (Wildman–Crippen LogP) is -0.665. The van der Waals surface area contributed by atoms with Gasteiger partial charge in [0.1, 0.15) is 24.4 Å². The van der Waals surface area contributed by atoms with Crippen molar-refractivity contribution in [3.05, 3.63) is 0 Å². The van der Waals surface area contributed by atoms with E-state index in [0.29, 0.717) is 0 Å². The summed E-state index contributed by atoms with van der Waals surface area (Å²) in [6, 6.07) is 0. The Bertz CT molecular complexity index is 867. The first-order chi connectivity index (χ1) is 17.1. The number of hydrogen-bond donors (Lipinski definition) is 8. The van der Waals surface area contributed by atoms with Crippen molar-refractivity contribution in [3.63, 3.8) is 0 Å². The molecule has 1 saturated carbocycles. The number of carbonyl (C=O) groups is 2. The van der Waals surface area contributed by atoms with Crippen LogP contribution in [0.25, 0.3) is 0 Å². The van der Waals surface area contributed by atoms with Gasteiger partial charge in [-0.05, 0) is 12.8 Å². The van der Waals surface area contributed by atoms with Gasteiger partial charge in [-0.1, -0.05) is 13.8 Å². The second kappa shape index (κ2) is 13.8. The van der Waals surface area contributed by atoms with Gasteiger partial charge >= 0.3 is 43.2 Å². The minimum atomic E-state index is -5.75. The van der Waals surface area contributed by atoms with E-state index in [9.17, 15) is 67.0 Å². The van der Waals surface area contributed by atoms with Crippen LogP contribution in [-0.4, -0.2) is 87.7 Å². The fourth-order valence-electron chi connectivity index (χ4n) is 3.33. The first kappa shape index (κ1) is 35.4. The van der Waals surface area contributed by atoms with Crippen LogP contribution >= 0.6 is 31.3 Å². The number of ether oxygens (including phenoxy) is 2. The van der Waals surface area contributed by atoms with Gasteiger partial charge in [0.15, 0.2) is 12.2 Å². The van der Waals surface area contributed by atoms with Gasteiger partial charge in [0.25, 0.3) is 0 Å². The van der Waals surface area contributed by atoms with Gasteiger partial charge in [0.05, 0.1) is 0 Å². The molecule has 1 aliphatic rings. The zero-order valence-electron chi connectivity index (χ0n) is 19.6. The van der Waals surface area contributed by atoms with Gasteiger partial charge in [-0.25, -0.2) is 18.3 Å². The van der Waals surface area contributed by atoms with Gasteiger partial charge in [-0.3, -0.25) is 27.7 Å². The normalized spacial score (nSPS) is 27.1. The molecule has 0 saturated heterocycles. The number of esters is 2. The van der Waals surface area contributed by atoms with Gasteiger partial charge in [-0.15, -0.1) is 0 Å². The molecular formula is C14H28O20P4. The summed E-state index contributed by atoms with van der Waals surface area (Å²) < 4.78 is 74.7. The van der Waals surface area contributed by atoms with Crippen molar-refractivity contribution < 1.29 is 94.6 Å². The smallest absolute Gasteiger partial charge is 0.457 e. The summed E-state index contributed by atoms with van der Waals surface area (Å²) >= 11 is 0. The van der Waals surface area contributed by atoms with E-state index in [4.69, 9.17) is 9.47 Å². The highest BCUT2D eigenvalue weighted by Gasteiger charge is 2.62. The highest BCUT2D eigenvalue weighted by atomic mass is 31.2. The van der Waals surface area contributed by atoms with E-state index in [1.807, 2.05) is 0 Å². The molecule has 1 rings (SSSR count). The van der Waals surface area contributed by atoms with Crippen LogP contribution in [0, 0.1) is 0 Å². The van der Waals surface area contributed by atoms with Crippen molar-refractivity contribution in [2.45, 2.75) is 76.2 Å². The lowest BCUT2D eigenvalue weighted by atomic mass is 9.84. The first-order valence-corrected chi connectivity index (χ1v) is 16.5. The molecule has 6 atom stereocenters. The molecule has 0 heterocycles. The van der Waals surface area contributed by atoms with Crippen LogP contribution < -0.4 is 0 Å². The van der Waals surface area contributed by atoms with Crippen LogP contribution in [0.5, 0.6) is 0 Å². The van der Waals surface area contributed by atoms with E-state index in [2.05, 4.69) is 18.1 Å². The Morgan fingerprint density at radius 2 is 0.711 bits per heavy atom. The zero-order chi connectivity index (χ0) is 29.7. The second-order valence-electron chi connectivity index (χ2n) is 7.65. The quantitative estimate of drug-likeness (QED) is 0.0862. The van der Waals surface area contributed by atoms with Crippen LogP contribution in [-0.2, 0) is 55.4 Å². The molecule has 0 amide bonds. The van der Waals surface area contributed by atoms with E-state index < -0.39 is 92.7 Å². The molecule has 0 bridgehead atoms. The molecular weight excluding hydrogens is 612 g/mol. The van der Waals surface area contributed by atoms with Crippen LogP contribution in [0.15, 0.2) is 0 Å². The van der Waals surface area contributed by atoms with Crippen molar-refractivity contribution in [1.29, 1.82) is 0 Å². The third-order valence-electron chi connectivity index (χ3n) is 4.42. The molecule has 0 aromatic rings. The highest BCUT2D eigenvalue weighted by molar-refractivity contribution is 7.47. The van der Waals surface area contributed by atoms with E-state index in [-0.39, 0.29) is 12.8 Å². The number of phosphoric ester groups is 4. The lowest BCUT2D eigenvalue weighted by Gasteiger charge is -2.47. The Morgan fingerprint density at radius 1 is 0.500 bits per heavy atom. The molecule has 2 unspecified atom stereocenters. The summed E-state index contributed by atoms with van der Waals surface area (Å²) in [7, 11) is -23.0. The third kappa shape index (κ3) is 12.7. The maximum absolute atomic E-state index is 12.3. The summed E-state index contributed by atoms with van der Waals surface area (Å²) in [6.45, 7) is 2.94. The Morgan fingerprint density at radius 3 is 0.868 bits per heavy atom. The number of carbonyl (C=O) groups excluding carboxylic acids is 2. The molecule has 0 aliphatic heterocycles. The molecule has 1 fully saturated rings. The maximum atomic E-state index is 12.3. The Balaban J connectivity index is 3.97. The second-order valence-corrected chi connectivity index (χ2v) is 12.4. The highest BCUT2D eigenvalue weighted by Crippen LogP contribution is 2.53. The third-order valence-corrected chi connectivity index (χ3v) is 6.49. The fraction of sp³-hybridized carbons (Fsp3) is 0.857. The Kier molecular flexibility index (Phi) is 12.9. The first-order valence-electron chi connectivity index (χ1n) is 10.4. The van der Waals surface area contributed by atoms with Crippen molar-refractivity contribution >= 4 is 43.2 Å². The van der Waals surface area contributed by atoms with Gasteiger partial charge in [0.2, 0.25) is 0 Å². The molecule has 0 radical (unpaired) electrons. The average Bonchev–Trinajstić information content (AvgIpc) is 2.66. The SMILES string of the molecule is CCCC(=O)OC1[C@@H](OP(=O)(O)O)[C@H](OP(=O)(O)O)C(OC(=O)CCC)[C@H](OP(=O)(O)O)[C@@H]1OP(=O)(O)O. The van der Waals surface area contributed by atoms with Gasteiger partial charge in [0, 0.05) is 12.8 Å². The molecule has 38 heavy (non-hydrogen) atoms. The Labute approximate surface area is 214 Å². The monoisotopic (exact) mass is 640 g/mol. The van der Waals surface area contributed by atoms with Gasteiger partial charge < -0.3 is 48.6 Å². The summed E-state index contributed by atoms with van der Waals surface area (Å²) in [4.78, 5) is 99.8. The van der Waals surface area contributed by atoms with Gasteiger partial charge in [-0.2, -0.15) is 0 Å². The number of hydrogen-bond acceptors (Lipinski definition) is 12. The van der Waals surface area contributed by atoms with E-state index in [0.717, 1.165) is 0 Å². The van der Waals surface area contributed by atoms with E-state index in [1.165, 1.54) is 13.8 Å². The summed E-state index contributed by atoms with van der Waals surface area (Å²) in [5, 5.41) is 0. The largest absolute Gasteiger partial charge is 0.470 e. The predicted molar refractivity (Wildman–Crippen MR) is 117 cm³/mol. The Hall–Kier alpha value is -0.620. The van der Waals surface area contributed by atoms with Crippen molar-refractivity contribution in [1.82, 2.24) is 0 Å². The summed E-state index contributed by atoms with van der Waals surface area (Å²) in [6.07, 6.45) is -16.4. The van der Waals surface area contributed by atoms with Crippen molar-refractivity contribution in [2.24, 2.45) is 0 Å². The molecule has 20 nitrogen and oxygen atoms in total. The van der Waals surface area contributed by atoms with Crippen molar-refractivity contribution in [3.8, 4) is 0 Å². The molecule has 1 aliphatic carbocycles. The van der Waals surface area contributed by atoms with Crippen LogP contribution in [0.3, 0.4) is 0 Å². The van der Waals surface area contributed by atoms with Crippen molar-refractivity contribution in [2.75, 3.05) is 0 Å². The molecule has 0 aromatic heterocycles. The lowest BCUT2D eigenvalue weighted by molar-refractivity contribution is -0.230. The molecule has 0 spiro atoms. The van der Waals surface area contributed by atoms with E-state index >= 15 is 0 Å². The fourth-order valence-corrected chi connectivity index (χ4v) is 5.56. The van der Waals surface area contributed by atoms with Crippen LogP contribution in [0.2, 0.25) is 0 Å². The average molecular weight is 640 g/mol. The summed E-state index contributed by atoms with van der Waals surface area (Å²) in [5.41, 5.74) is 0. The number of rotatable bonds is 14. The maximum Gasteiger partial charge on any atom is 0.470 e. The molecule has 8 N–H and O–H groups in total. The molecule has 0 aromatic carbocycles. The lowest BCUT2D eigenvalue weighted by Crippen LogP contribution is -2.67. The summed E-state index contributed by atoms with van der Waals surface area (Å²) in [5.74, 6) is -2.50. The van der Waals surface area contributed by atoms with Crippen LogP contribution in [0.4, 0.5) is 0 Å². The molecule has 24 heteroatoms. The topological polar surface area (TPSA) is 320 Å². The minimum Gasteiger partial charge on any atom is -0.457 e. The zero-order valence-corrected chi connectivity index (χ0v) is 23.1. The minimum absolute atomic E-state index is 0.0850.